The van der Waals surface area contributed by atoms with Crippen LogP contribution in [0.3, 0.4) is 0 Å². The number of carbonyl (C=O) groups is 1. The lowest BCUT2D eigenvalue weighted by Crippen LogP contribution is -2.24. The first-order valence-corrected chi connectivity index (χ1v) is 13.1. The molecule has 0 aliphatic carbocycles. The molecule has 0 radical (unpaired) electrons. The number of aromatic nitrogens is 6. The molecule has 0 aliphatic heterocycles. The number of benzene rings is 2. The van der Waals surface area contributed by atoms with Crippen LogP contribution < -0.4 is 5.32 Å². The summed E-state index contributed by atoms with van der Waals surface area (Å²) in [7, 11) is 0. The fraction of sp³-hybridized carbons (Fsp3) is 0.250. The Balaban J connectivity index is 1.40. The lowest BCUT2D eigenvalue weighted by molar-refractivity contribution is -0.138. The molecular formula is C24H20F3N7OS2. The Bertz CT molecular complexity index is 1550. The van der Waals surface area contributed by atoms with E-state index >= 15 is 0 Å². The zero-order valence-electron chi connectivity index (χ0n) is 19.4. The van der Waals surface area contributed by atoms with Crippen molar-refractivity contribution >= 4 is 56.2 Å². The SMILES string of the molecule is CCC(Sc1nnc2c3ccccc3n(CCc3ccccc3)c2n1)C(=O)Nc1nnc(C(F)(F)F)s1. The molecule has 1 N–H and O–H groups in total. The van der Waals surface area contributed by atoms with Crippen LogP contribution in [0.5, 0.6) is 0 Å². The maximum absolute atomic E-state index is 12.8. The summed E-state index contributed by atoms with van der Waals surface area (Å²) in [5.41, 5.74) is 3.50. The highest BCUT2D eigenvalue weighted by Crippen LogP contribution is 2.34. The number of alkyl halides is 3. The molecule has 8 nitrogen and oxygen atoms in total. The number of carbonyl (C=O) groups excluding carboxylic acids is 1. The van der Waals surface area contributed by atoms with Crippen LogP contribution in [-0.2, 0) is 23.9 Å². The topological polar surface area (TPSA) is 98.5 Å². The lowest BCUT2D eigenvalue weighted by Gasteiger charge is -2.12. The minimum Gasteiger partial charge on any atom is -0.323 e. The van der Waals surface area contributed by atoms with Gasteiger partial charge in [-0.3, -0.25) is 10.1 Å². The van der Waals surface area contributed by atoms with E-state index in [4.69, 9.17) is 4.98 Å². The molecule has 0 bridgehead atoms. The standard InChI is InChI=1S/C24H20F3N7OS2/c1-2-17(20(35)29-23-33-31-21(37-23)24(25,26)27)36-22-28-19-18(30-32-22)15-10-6-7-11-16(15)34(19)13-12-14-8-4-3-5-9-14/h3-11,17H,2,12-13H2,1H3,(H,29,33,35). The van der Waals surface area contributed by atoms with E-state index in [1.807, 2.05) is 42.5 Å². The Labute approximate surface area is 217 Å². The van der Waals surface area contributed by atoms with Crippen molar-refractivity contribution in [3.8, 4) is 0 Å². The molecule has 3 heterocycles. The van der Waals surface area contributed by atoms with Crippen LogP contribution in [0.2, 0.25) is 0 Å². The van der Waals surface area contributed by atoms with Crippen molar-refractivity contribution in [2.45, 2.75) is 42.9 Å². The third-order valence-corrected chi connectivity index (χ3v) is 7.73. The van der Waals surface area contributed by atoms with E-state index in [1.54, 1.807) is 6.92 Å². The van der Waals surface area contributed by atoms with E-state index < -0.39 is 22.3 Å². The largest absolute Gasteiger partial charge is 0.445 e. The summed E-state index contributed by atoms with van der Waals surface area (Å²) in [5, 5.41) is 16.8. The number of rotatable bonds is 8. The average Bonchev–Trinajstić information content (AvgIpc) is 3.49. The van der Waals surface area contributed by atoms with Crippen molar-refractivity contribution < 1.29 is 18.0 Å². The third kappa shape index (κ3) is 5.42. The smallest absolute Gasteiger partial charge is 0.323 e. The molecule has 1 unspecified atom stereocenters. The summed E-state index contributed by atoms with van der Waals surface area (Å²) in [4.78, 5) is 17.5. The highest BCUT2D eigenvalue weighted by atomic mass is 32.2. The van der Waals surface area contributed by atoms with E-state index in [0.717, 1.165) is 29.1 Å². The minimum atomic E-state index is -4.62. The number of amides is 1. The Kier molecular flexibility index (Phi) is 7.07. The van der Waals surface area contributed by atoms with Gasteiger partial charge >= 0.3 is 6.18 Å². The number of aryl methyl sites for hydroxylation is 2. The number of para-hydroxylation sites is 1. The van der Waals surface area contributed by atoms with Crippen LogP contribution in [0.25, 0.3) is 22.1 Å². The quantitative estimate of drug-likeness (QED) is 0.254. The normalized spacial score (nSPS) is 12.8. The second-order valence-electron chi connectivity index (χ2n) is 8.09. The fourth-order valence-corrected chi connectivity index (χ4v) is 5.30. The van der Waals surface area contributed by atoms with Crippen LogP contribution in [0.1, 0.15) is 23.9 Å². The van der Waals surface area contributed by atoms with Gasteiger partial charge in [-0.05, 0) is 24.5 Å². The van der Waals surface area contributed by atoms with Gasteiger partial charge in [-0.25, -0.2) is 4.98 Å². The van der Waals surface area contributed by atoms with Gasteiger partial charge < -0.3 is 4.57 Å². The first-order chi connectivity index (χ1) is 17.8. The zero-order chi connectivity index (χ0) is 26.0. The van der Waals surface area contributed by atoms with Gasteiger partial charge in [0.05, 0.1) is 10.8 Å². The van der Waals surface area contributed by atoms with Crippen LogP contribution in [-0.4, -0.2) is 41.1 Å². The van der Waals surface area contributed by atoms with Crippen molar-refractivity contribution in [2.24, 2.45) is 0 Å². The van der Waals surface area contributed by atoms with Gasteiger partial charge in [-0.2, -0.15) is 13.2 Å². The molecule has 1 amide bonds. The fourth-order valence-electron chi connectivity index (χ4n) is 3.87. The molecule has 5 aromatic rings. The molecular weight excluding hydrogens is 523 g/mol. The van der Waals surface area contributed by atoms with Crippen LogP contribution in [0, 0.1) is 0 Å². The first kappa shape index (κ1) is 25.1. The Morgan fingerprint density at radius 3 is 2.54 bits per heavy atom. The van der Waals surface area contributed by atoms with Gasteiger partial charge in [0.15, 0.2) is 5.65 Å². The third-order valence-electron chi connectivity index (χ3n) is 5.63. The molecule has 190 valence electrons. The molecule has 0 spiro atoms. The van der Waals surface area contributed by atoms with Crippen molar-refractivity contribution in [1.82, 2.24) is 29.9 Å². The molecule has 5 rings (SSSR count). The van der Waals surface area contributed by atoms with Gasteiger partial charge in [0.2, 0.25) is 21.2 Å². The van der Waals surface area contributed by atoms with Crippen molar-refractivity contribution in [1.29, 1.82) is 0 Å². The van der Waals surface area contributed by atoms with Crippen molar-refractivity contribution in [2.75, 3.05) is 5.32 Å². The van der Waals surface area contributed by atoms with Gasteiger partial charge in [-0.15, -0.1) is 20.4 Å². The number of anilines is 1. The number of hydrogen-bond acceptors (Lipinski definition) is 8. The predicted octanol–water partition coefficient (Wildman–Crippen LogP) is 5.60. The molecule has 3 aromatic heterocycles. The molecule has 1 atom stereocenters. The summed E-state index contributed by atoms with van der Waals surface area (Å²) in [6.45, 7) is 2.47. The predicted molar refractivity (Wildman–Crippen MR) is 136 cm³/mol. The van der Waals surface area contributed by atoms with Gasteiger partial charge in [0.1, 0.15) is 5.52 Å². The Hall–Kier alpha value is -3.58. The summed E-state index contributed by atoms with van der Waals surface area (Å²) in [6, 6.07) is 18.0. The van der Waals surface area contributed by atoms with E-state index in [-0.39, 0.29) is 16.5 Å². The molecule has 0 saturated heterocycles. The summed E-state index contributed by atoms with van der Waals surface area (Å²) in [5.74, 6) is -0.509. The number of halogens is 3. The van der Waals surface area contributed by atoms with Gasteiger partial charge in [-0.1, -0.05) is 78.6 Å². The Morgan fingerprint density at radius 1 is 1.05 bits per heavy atom. The average molecular weight is 544 g/mol. The number of nitrogens with one attached hydrogen (secondary N) is 1. The highest BCUT2D eigenvalue weighted by molar-refractivity contribution is 8.00. The minimum absolute atomic E-state index is 0.216. The van der Waals surface area contributed by atoms with Crippen LogP contribution in [0.15, 0.2) is 59.8 Å². The number of nitrogens with zero attached hydrogens (tertiary/aromatic N) is 6. The number of thioether (sulfide) groups is 1. The lowest BCUT2D eigenvalue weighted by atomic mass is 10.1. The molecule has 0 aliphatic rings. The second-order valence-corrected chi connectivity index (χ2v) is 10.2. The molecule has 13 heteroatoms. The molecule has 37 heavy (non-hydrogen) atoms. The maximum atomic E-state index is 12.8. The monoisotopic (exact) mass is 543 g/mol. The summed E-state index contributed by atoms with van der Waals surface area (Å²) in [6.07, 6.45) is -3.43. The molecule has 2 aromatic carbocycles. The van der Waals surface area contributed by atoms with Crippen LogP contribution >= 0.6 is 23.1 Å². The molecule has 0 saturated carbocycles. The maximum Gasteiger partial charge on any atom is 0.445 e. The van der Waals surface area contributed by atoms with E-state index in [1.165, 1.54) is 5.56 Å². The van der Waals surface area contributed by atoms with Crippen LogP contribution in [0.4, 0.5) is 18.3 Å². The summed E-state index contributed by atoms with van der Waals surface area (Å²) < 4.78 is 40.5. The summed E-state index contributed by atoms with van der Waals surface area (Å²) >= 11 is 1.38. The van der Waals surface area contributed by atoms with Crippen molar-refractivity contribution in [3.05, 3.63) is 65.2 Å². The second kappa shape index (κ2) is 10.4. The first-order valence-electron chi connectivity index (χ1n) is 11.4. The van der Waals surface area contributed by atoms with Crippen molar-refractivity contribution in [3.63, 3.8) is 0 Å². The number of hydrogen-bond donors (Lipinski definition) is 1. The number of fused-ring (bicyclic) bond motifs is 3. The van der Waals surface area contributed by atoms with E-state index in [9.17, 15) is 18.0 Å². The van der Waals surface area contributed by atoms with Gasteiger partial charge in [0.25, 0.3) is 0 Å². The molecule has 0 fully saturated rings. The zero-order valence-corrected chi connectivity index (χ0v) is 21.1. The Morgan fingerprint density at radius 2 is 1.81 bits per heavy atom. The highest BCUT2D eigenvalue weighted by Gasteiger charge is 2.36. The van der Waals surface area contributed by atoms with E-state index in [0.29, 0.717) is 29.3 Å². The van der Waals surface area contributed by atoms with E-state index in [2.05, 4.69) is 42.4 Å². The van der Waals surface area contributed by atoms with Gasteiger partial charge in [0, 0.05) is 11.9 Å².